The Bertz CT molecular complexity index is 1340. The molecule has 1 aliphatic rings. The molecule has 0 saturated carbocycles. The summed E-state index contributed by atoms with van der Waals surface area (Å²) >= 11 is 5.97. The Morgan fingerprint density at radius 3 is 2.15 bits per heavy atom. The maximum Gasteiger partial charge on any atom is 0.337 e. The Labute approximate surface area is 229 Å². The van der Waals surface area contributed by atoms with Gasteiger partial charge >= 0.3 is 17.9 Å². The highest BCUT2D eigenvalue weighted by molar-refractivity contribution is 6.30. The fraction of sp³-hybridized carbons (Fsp3) is 0.296. The number of ether oxygens (including phenoxy) is 4. The number of hydrogen-bond donors (Lipinski definition) is 1. The van der Waals surface area contributed by atoms with E-state index in [-0.39, 0.29) is 52.8 Å². The highest BCUT2D eigenvalue weighted by atomic mass is 35.5. The first-order chi connectivity index (χ1) is 18.6. The fourth-order valence-corrected chi connectivity index (χ4v) is 4.22. The third-order valence-electron chi connectivity index (χ3n) is 5.59. The van der Waals surface area contributed by atoms with Gasteiger partial charge in [-0.05, 0) is 45.0 Å². The second-order valence-corrected chi connectivity index (χ2v) is 8.63. The Balaban J connectivity index is 2.34. The summed E-state index contributed by atoms with van der Waals surface area (Å²) in [4.78, 5) is 50.2. The summed E-state index contributed by atoms with van der Waals surface area (Å²) in [6, 6.07) is 11.8. The van der Waals surface area contributed by atoms with Crippen LogP contribution in [0.25, 0.3) is 0 Å². The van der Waals surface area contributed by atoms with Crippen LogP contribution in [-0.2, 0) is 28.6 Å². The van der Waals surface area contributed by atoms with Crippen molar-refractivity contribution in [2.45, 2.75) is 39.9 Å². The zero-order chi connectivity index (χ0) is 28.7. The van der Waals surface area contributed by atoms with Crippen LogP contribution in [0.4, 0.5) is 5.69 Å². The molecule has 12 heteroatoms. The molecule has 206 valence electrons. The molecule has 2 atom stereocenters. The van der Waals surface area contributed by atoms with E-state index in [1.165, 1.54) is 37.3 Å². The third kappa shape index (κ3) is 6.74. The largest absolute Gasteiger partial charge is 0.463 e. The lowest BCUT2D eigenvalue weighted by Crippen LogP contribution is -2.41. The summed E-state index contributed by atoms with van der Waals surface area (Å²) in [6.45, 7) is 5.83. The molecular formula is C27H27ClN2O9. The summed E-state index contributed by atoms with van der Waals surface area (Å²) in [6.07, 6.45) is -1.54. The zero-order valence-corrected chi connectivity index (χ0v) is 22.4. The van der Waals surface area contributed by atoms with Crippen molar-refractivity contribution in [3.05, 3.63) is 91.8 Å². The van der Waals surface area contributed by atoms with Crippen molar-refractivity contribution in [3.63, 3.8) is 0 Å². The van der Waals surface area contributed by atoms with Gasteiger partial charge in [-0.25, -0.2) is 9.59 Å². The second-order valence-electron chi connectivity index (χ2n) is 8.19. The first kappa shape index (κ1) is 29.2. The van der Waals surface area contributed by atoms with Gasteiger partial charge in [-0.1, -0.05) is 29.8 Å². The molecule has 39 heavy (non-hydrogen) atoms. The molecule has 0 aromatic heterocycles. The molecule has 1 aliphatic heterocycles. The lowest BCUT2D eigenvalue weighted by Gasteiger charge is -2.33. The normalized spacial score (nSPS) is 15.7. The molecule has 0 fully saturated rings. The van der Waals surface area contributed by atoms with Crippen molar-refractivity contribution in [1.82, 2.24) is 5.32 Å². The lowest BCUT2D eigenvalue weighted by atomic mass is 9.79. The molecule has 2 unspecified atom stereocenters. The van der Waals surface area contributed by atoms with Crippen LogP contribution in [0, 0.1) is 10.1 Å². The number of hydrogen-bond acceptors (Lipinski definition) is 10. The number of dihydropyridines is 1. The Kier molecular flexibility index (Phi) is 9.67. The number of para-hydroxylation sites is 1. The van der Waals surface area contributed by atoms with E-state index in [1.807, 2.05) is 0 Å². The zero-order valence-electron chi connectivity index (χ0n) is 21.7. The van der Waals surface area contributed by atoms with E-state index in [0.29, 0.717) is 5.02 Å². The van der Waals surface area contributed by atoms with Crippen LogP contribution in [0.15, 0.2) is 71.1 Å². The Hall–Kier alpha value is -4.38. The third-order valence-corrected chi connectivity index (χ3v) is 5.85. The van der Waals surface area contributed by atoms with Crippen molar-refractivity contribution < 1.29 is 38.3 Å². The minimum absolute atomic E-state index is 0.0142. The van der Waals surface area contributed by atoms with Gasteiger partial charge in [0.25, 0.3) is 12.0 Å². The van der Waals surface area contributed by atoms with Gasteiger partial charge in [0, 0.05) is 29.3 Å². The molecular weight excluding hydrogens is 532 g/mol. The van der Waals surface area contributed by atoms with Crippen LogP contribution >= 0.6 is 11.6 Å². The number of carbonyl (C=O) groups excluding carboxylic acids is 3. The van der Waals surface area contributed by atoms with Crippen molar-refractivity contribution in [3.8, 4) is 5.75 Å². The highest BCUT2D eigenvalue weighted by Gasteiger charge is 2.44. The Morgan fingerprint density at radius 2 is 1.59 bits per heavy atom. The molecule has 1 N–H and O–H groups in total. The predicted molar refractivity (Wildman–Crippen MR) is 140 cm³/mol. The van der Waals surface area contributed by atoms with Gasteiger partial charge in [0.05, 0.1) is 35.2 Å². The van der Waals surface area contributed by atoms with Crippen LogP contribution in [0.5, 0.6) is 5.75 Å². The molecule has 0 bridgehead atoms. The van der Waals surface area contributed by atoms with Crippen LogP contribution in [0.2, 0.25) is 5.02 Å². The number of esters is 3. The molecule has 2 aromatic carbocycles. The van der Waals surface area contributed by atoms with Gasteiger partial charge in [-0.2, -0.15) is 0 Å². The SMILES string of the molecule is CCOC(=O)C1=C(C)NC(C(OC(C)=O)Oc2ccc(Cl)cc2)=C(C(=O)OCC)C1c1ccccc1[N+](=O)[O-]. The number of halogens is 1. The van der Waals surface area contributed by atoms with E-state index < -0.39 is 35.0 Å². The fourth-order valence-electron chi connectivity index (χ4n) is 4.09. The quantitative estimate of drug-likeness (QED) is 0.145. The molecule has 0 amide bonds. The van der Waals surface area contributed by atoms with E-state index in [9.17, 15) is 24.5 Å². The van der Waals surface area contributed by atoms with Crippen LogP contribution in [0.3, 0.4) is 0 Å². The summed E-state index contributed by atoms with van der Waals surface area (Å²) in [5, 5.41) is 15.4. The van der Waals surface area contributed by atoms with E-state index in [0.717, 1.165) is 6.92 Å². The number of allylic oxidation sites excluding steroid dienone is 1. The van der Waals surface area contributed by atoms with Gasteiger partial charge in [-0.15, -0.1) is 0 Å². The average Bonchev–Trinajstić information content (AvgIpc) is 2.88. The minimum atomic E-state index is -1.54. The summed E-state index contributed by atoms with van der Waals surface area (Å²) < 4.78 is 21.9. The Morgan fingerprint density at radius 1 is 1.00 bits per heavy atom. The van der Waals surface area contributed by atoms with Crippen LogP contribution in [0.1, 0.15) is 39.2 Å². The van der Waals surface area contributed by atoms with E-state index in [2.05, 4.69) is 5.32 Å². The summed E-state index contributed by atoms with van der Waals surface area (Å²) in [5.74, 6) is -3.54. The summed E-state index contributed by atoms with van der Waals surface area (Å²) in [7, 11) is 0. The molecule has 2 aromatic rings. The number of benzene rings is 2. The number of nitro benzene ring substituents is 1. The predicted octanol–water partition coefficient (Wildman–Crippen LogP) is 4.56. The smallest absolute Gasteiger partial charge is 0.337 e. The van der Waals surface area contributed by atoms with Gasteiger partial charge in [0.15, 0.2) is 0 Å². The number of nitro groups is 1. The van der Waals surface area contributed by atoms with Gasteiger partial charge in [0.2, 0.25) is 0 Å². The average molecular weight is 559 g/mol. The maximum atomic E-state index is 13.5. The summed E-state index contributed by atoms with van der Waals surface area (Å²) in [5.41, 5.74) is -0.460. The second kappa shape index (κ2) is 12.9. The van der Waals surface area contributed by atoms with Crippen molar-refractivity contribution in [2.75, 3.05) is 13.2 Å². The topological polar surface area (TPSA) is 143 Å². The number of nitrogens with one attached hydrogen (secondary N) is 1. The standard InChI is InChI=1S/C27H27ClN2O9/c1-5-36-25(32)21-15(3)29-24(27(38-16(4)31)39-18-13-11-17(28)12-14-18)23(26(33)37-6-2)22(21)19-9-7-8-10-20(19)30(34)35/h7-14,22,27,29H,5-6H2,1-4H3. The molecule has 0 spiro atoms. The minimum Gasteiger partial charge on any atom is -0.463 e. The molecule has 3 rings (SSSR count). The van der Waals surface area contributed by atoms with E-state index in [4.69, 9.17) is 30.5 Å². The lowest BCUT2D eigenvalue weighted by molar-refractivity contribution is -0.385. The van der Waals surface area contributed by atoms with Crippen molar-refractivity contribution >= 4 is 35.2 Å². The van der Waals surface area contributed by atoms with Gasteiger partial charge in [0.1, 0.15) is 11.4 Å². The number of rotatable bonds is 10. The molecule has 0 saturated heterocycles. The van der Waals surface area contributed by atoms with E-state index in [1.54, 1.807) is 32.0 Å². The molecule has 11 nitrogen and oxygen atoms in total. The van der Waals surface area contributed by atoms with Crippen molar-refractivity contribution in [1.29, 1.82) is 0 Å². The van der Waals surface area contributed by atoms with E-state index >= 15 is 0 Å². The number of carbonyl (C=O) groups is 3. The first-order valence-electron chi connectivity index (χ1n) is 12.0. The number of nitrogens with zero attached hydrogens (tertiary/aromatic N) is 1. The van der Waals surface area contributed by atoms with Crippen molar-refractivity contribution in [2.24, 2.45) is 0 Å². The van der Waals surface area contributed by atoms with Crippen LogP contribution in [-0.4, -0.2) is 42.3 Å². The molecule has 1 heterocycles. The maximum absolute atomic E-state index is 13.5. The molecule has 0 radical (unpaired) electrons. The van der Waals surface area contributed by atoms with Gasteiger partial charge in [-0.3, -0.25) is 14.9 Å². The van der Waals surface area contributed by atoms with Crippen LogP contribution < -0.4 is 10.1 Å². The first-order valence-corrected chi connectivity index (χ1v) is 12.4. The monoisotopic (exact) mass is 558 g/mol. The molecule has 0 aliphatic carbocycles. The van der Waals surface area contributed by atoms with Gasteiger partial charge < -0.3 is 24.3 Å². The highest BCUT2D eigenvalue weighted by Crippen LogP contribution is 2.43.